The minimum Gasteiger partial charge on any atom is -0.357 e. The highest BCUT2D eigenvalue weighted by atomic mass is 19.1. The quantitative estimate of drug-likeness (QED) is 0.859. The maximum Gasteiger partial charge on any atom is 0.268 e. The van der Waals surface area contributed by atoms with Gasteiger partial charge < -0.3 is 10.3 Å². The first-order valence-corrected chi connectivity index (χ1v) is 5.71. The second kappa shape index (κ2) is 4.64. The van der Waals surface area contributed by atoms with E-state index in [4.69, 9.17) is 0 Å². The number of amides is 1. The molecule has 0 atom stereocenters. The van der Waals surface area contributed by atoms with E-state index in [1.165, 1.54) is 12.1 Å². The SMILES string of the molecule is CC(C)(NC(=O)c1ccc[nH]1)c1ccc(F)cc1. The van der Waals surface area contributed by atoms with E-state index in [1.807, 2.05) is 13.8 Å². The maximum absolute atomic E-state index is 12.9. The number of aromatic amines is 1. The number of carbonyl (C=O) groups excluding carboxylic acids is 1. The molecular weight excluding hydrogens is 231 g/mol. The topological polar surface area (TPSA) is 44.9 Å². The lowest BCUT2D eigenvalue weighted by atomic mass is 9.94. The highest BCUT2D eigenvalue weighted by molar-refractivity contribution is 5.92. The van der Waals surface area contributed by atoms with Crippen molar-refractivity contribution < 1.29 is 9.18 Å². The second-order valence-electron chi connectivity index (χ2n) is 4.67. The molecule has 2 N–H and O–H groups in total. The Labute approximate surface area is 105 Å². The van der Waals surface area contributed by atoms with Crippen LogP contribution in [0, 0.1) is 5.82 Å². The van der Waals surface area contributed by atoms with Gasteiger partial charge in [0.1, 0.15) is 11.5 Å². The Hall–Kier alpha value is -2.10. The minimum atomic E-state index is -0.560. The molecule has 0 spiro atoms. The average Bonchev–Trinajstić information content (AvgIpc) is 2.82. The van der Waals surface area contributed by atoms with Crippen LogP contribution in [0.25, 0.3) is 0 Å². The van der Waals surface area contributed by atoms with E-state index in [-0.39, 0.29) is 11.7 Å². The van der Waals surface area contributed by atoms with Crippen molar-refractivity contribution in [1.82, 2.24) is 10.3 Å². The number of H-pyrrole nitrogens is 1. The first kappa shape index (κ1) is 12.4. The lowest BCUT2D eigenvalue weighted by Crippen LogP contribution is -2.41. The van der Waals surface area contributed by atoms with E-state index >= 15 is 0 Å². The van der Waals surface area contributed by atoms with Crippen LogP contribution in [0.5, 0.6) is 0 Å². The lowest BCUT2D eigenvalue weighted by Gasteiger charge is -2.26. The Kier molecular flexibility index (Phi) is 3.19. The molecule has 1 amide bonds. The van der Waals surface area contributed by atoms with Crippen LogP contribution in [0.2, 0.25) is 0 Å². The Morgan fingerprint density at radius 3 is 2.44 bits per heavy atom. The predicted molar refractivity (Wildman–Crippen MR) is 67.7 cm³/mol. The summed E-state index contributed by atoms with van der Waals surface area (Å²) in [5.74, 6) is -0.473. The number of hydrogen-bond donors (Lipinski definition) is 2. The van der Waals surface area contributed by atoms with Crippen LogP contribution in [-0.2, 0) is 5.54 Å². The molecule has 0 unspecified atom stereocenters. The highest BCUT2D eigenvalue weighted by Gasteiger charge is 2.23. The summed E-state index contributed by atoms with van der Waals surface area (Å²) >= 11 is 0. The minimum absolute atomic E-state index is 0.186. The largest absolute Gasteiger partial charge is 0.357 e. The zero-order valence-electron chi connectivity index (χ0n) is 10.3. The fourth-order valence-electron chi connectivity index (χ4n) is 1.76. The number of rotatable bonds is 3. The fourth-order valence-corrected chi connectivity index (χ4v) is 1.76. The first-order valence-electron chi connectivity index (χ1n) is 5.71. The summed E-state index contributed by atoms with van der Waals surface area (Å²) in [7, 11) is 0. The smallest absolute Gasteiger partial charge is 0.268 e. The van der Waals surface area contributed by atoms with Crippen molar-refractivity contribution in [2.24, 2.45) is 0 Å². The van der Waals surface area contributed by atoms with Crippen LogP contribution in [0.4, 0.5) is 4.39 Å². The summed E-state index contributed by atoms with van der Waals surface area (Å²) in [6.45, 7) is 3.75. The summed E-state index contributed by atoms with van der Waals surface area (Å²) < 4.78 is 12.9. The molecule has 18 heavy (non-hydrogen) atoms. The molecule has 0 aliphatic heterocycles. The van der Waals surface area contributed by atoms with Crippen LogP contribution >= 0.6 is 0 Å². The van der Waals surface area contributed by atoms with Gasteiger partial charge in [0.2, 0.25) is 0 Å². The Morgan fingerprint density at radius 2 is 1.89 bits per heavy atom. The van der Waals surface area contributed by atoms with Crippen LogP contribution in [-0.4, -0.2) is 10.9 Å². The summed E-state index contributed by atoms with van der Waals surface area (Å²) in [5.41, 5.74) is 0.796. The lowest BCUT2D eigenvalue weighted by molar-refractivity contribution is 0.0907. The number of halogens is 1. The van der Waals surface area contributed by atoms with Crippen LogP contribution < -0.4 is 5.32 Å². The van der Waals surface area contributed by atoms with Gasteiger partial charge in [0, 0.05) is 6.20 Å². The van der Waals surface area contributed by atoms with E-state index in [9.17, 15) is 9.18 Å². The Bertz CT molecular complexity index is 529. The number of aromatic nitrogens is 1. The van der Waals surface area contributed by atoms with Crippen LogP contribution in [0.1, 0.15) is 29.9 Å². The molecule has 2 aromatic rings. The van der Waals surface area contributed by atoms with Gasteiger partial charge in [-0.1, -0.05) is 12.1 Å². The van der Waals surface area contributed by atoms with Gasteiger partial charge in [-0.2, -0.15) is 0 Å². The van der Waals surface area contributed by atoms with E-state index in [0.717, 1.165) is 5.56 Å². The molecule has 0 saturated carbocycles. The number of benzene rings is 1. The third-order valence-electron chi connectivity index (χ3n) is 2.83. The van der Waals surface area contributed by atoms with Crippen molar-refractivity contribution in [1.29, 1.82) is 0 Å². The number of nitrogens with one attached hydrogen (secondary N) is 2. The van der Waals surface area contributed by atoms with Gasteiger partial charge >= 0.3 is 0 Å². The molecule has 0 fully saturated rings. The van der Waals surface area contributed by atoms with Crippen molar-refractivity contribution in [2.75, 3.05) is 0 Å². The van der Waals surface area contributed by atoms with E-state index < -0.39 is 5.54 Å². The van der Waals surface area contributed by atoms with Gasteiger partial charge in [-0.15, -0.1) is 0 Å². The predicted octanol–water partition coefficient (Wildman–Crippen LogP) is 2.82. The van der Waals surface area contributed by atoms with Crippen LogP contribution in [0.3, 0.4) is 0 Å². The van der Waals surface area contributed by atoms with Crippen molar-refractivity contribution in [3.8, 4) is 0 Å². The van der Waals surface area contributed by atoms with Crippen molar-refractivity contribution in [3.05, 3.63) is 59.7 Å². The van der Waals surface area contributed by atoms with Gasteiger partial charge in [0.15, 0.2) is 0 Å². The number of carbonyl (C=O) groups is 1. The molecule has 94 valence electrons. The first-order chi connectivity index (χ1) is 8.49. The molecule has 0 aliphatic rings. The summed E-state index contributed by atoms with van der Waals surface area (Å²) in [6.07, 6.45) is 1.69. The van der Waals surface area contributed by atoms with Crippen molar-refractivity contribution in [2.45, 2.75) is 19.4 Å². The zero-order valence-corrected chi connectivity index (χ0v) is 10.3. The Balaban J connectivity index is 2.16. The summed E-state index contributed by atoms with van der Waals surface area (Å²) in [6, 6.07) is 9.58. The molecule has 3 nitrogen and oxygen atoms in total. The van der Waals surface area contributed by atoms with Gasteiger partial charge in [-0.3, -0.25) is 4.79 Å². The van der Waals surface area contributed by atoms with E-state index in [2.05, 4.69) is 10.3 Å². The third-order valence-corrected chi connectivity index (χ3v) is 2.83. The van der Waals surface area contributed by atoms with E-state index in [1.54, 1.807) is 30.5 Å². The van der Waals surface area contributed by atoms with Crippen LogP contribution in [0.15, 0.2) is 42.6 Å². The molecule has 2 rings (SSSR count). The van der Waals surface area contributed by atoms with Gasteiger partial charge in [0.05, 0.1) is 5.54 Å². The van der Waals surface area contributed by atoms with Gasteiger partial charge in [-0.25, -0.2) is 4.39 Å². The molecule has 1 aromatic heterocycles. The number of hydrogen-bond acceptors (Lipinski definition) is 1. The highest BCUT2D eigenvalue weighted by Crippen LogP contribution is 2.20. The monoisotopic (exact) mass is 246 g/mol. The third kappa shape index (κ3) is 2.59. The standard InChI is InChI=1S/C14H15FN2O/c1-14(2,10-5-7-11(15)8-6-10)17-13(18)12-4-3-9-16-12/h3-9,16H,1-2H3,(H,17,18). The molecular formula is C14H15FN2O. The maximum atomic E-state index is 12.9. The van der Waals surface area contributed by atoms with E-state index in [0.29, 0.717) is 5.69 Å². The van der Waals surface area contributed by atoms with Crippen molar-refractivity contribution in [3.63, 3.8) is 0 Å². The molecule has 4 heteroatoms. The second-order valence-corrected chi connectivity index (χ2v) is 4.67. The zero-order chi connectivity index (χ0) is 13.2. The molecule has 0 saturated heterocycles. The fraction of sp³-hybridized carbons (Fsp3) is 0.214. The normalized spacial score (nSPS) is 11.3. The molecule has 0 bridgehead atoms. The molecule has 0 aliphatic carbocycles. The molecule has 1 heterocycles. The average molecular weight is 246 g/mol. The Morgan fingerprint density at radius 1 is 1.22 bits per heavy atom. The molecule has 0 radical (unpaired) electrons. The van der Waals surface area contributed by atoms with Gasteiger partial charge in [-0.05, 0) is 43.7 Å². The molecule has 1 aromatic carbocycles. The van der Waals surface area contributed by atoms with Crippen molar-refractivity contribution >= 4 is 5.91 Å². The summed E-state index contributed by atoms with van der Waals surface area (Å²) in [4.78, 5) is 14.8. The summed E-state index contributed by atoms with van der Waals surface area (Å²) in [5, 5.41) is 2.90. The van der Waals surface area contributed by atoms with Gasteiger partial charge in [0.25, 0.3) is 5.91 Å².